The first-order chi connectivity index (χ1) is 31.2. The predicted molar refractivity (Wildman–Crippen MR) is 259 cm³/mol. The van der Waals surface area contributed by atoms with E-state index in [1.165, 1.54) is 10.8 Å². The van der Waals surface area contributed by atoms with Crippen molar-refractivity contribution in [2.24, 2.45) is 0 Å². The Kier molecular flexibility index (Phi) is 7.94. The Bertz CT molecular complexity index is 3870. The molecule has 0 fully saturated rings. The summed E-state index contributed by atoms with van der Waals surface area (Å²) in [6.45, 7) is 0. The number of fused-ring (bicyclic) bond motifs is 9. The van der Waals surface area contributed by atoms with E-state index in [-0.39, 0.29) is 0 Å². The molecule has 7 aromatic heterocycles. The van der Waals surface area contributed by atoms with Gasteiger partial charge >= 0.3 is 0 Å². The molecule has 0 spiro atoms. The molecule has 6 aromatic carbocycles. The normalized spacial score (nSPS) is 11.8. The molecule has 0 saturated heterocycles. The smallest absolute Gasteiger partial charge is 0.162 e. The van der Waals surface area contributed by atoms with Crippen LogP contribution in [0.3, 0.4) is 0 Å². The van der Waals surface area contributed by atoms with Crippen molar-refractivity contribution in [3.63, 3.8) is 0 Å². The second-order valence-corrected chi connectivity index (χ2v) is 16.8. The maximum Gasteiger partial charge on any atom is 0.162 e. The SMILES string of the molecule is c1ccc(-c2cc(-n3c4ccccc4c4cc(-c5ccc6c7ccccc7n(-c7cncc(-c8ccc9sc%10cccnc%10c9n8)c7)c6c5)ccc43)nc(-c3ccccc3)n2)cc1. The van der Waals surface area contributed by atoms with Crippen LogP contribution in [0, 0.1) is 0 Å². The molecular weight excluding hydrogens is 791 g/mol. The first kappa shape index (κ1) is 35.4. The average Bonchev–Trinajstić information content (AvgIpc) is 4.01. The van der Waals surface area contributed by atoms with Crippen molar-refractivity contribution in [1.29, 1.82) is 0 Å². The van der Waals surface area contributed by atoms with Gasteiger partial charge in [0.15, 0.2) is 5.82 Å². The Morgan fingerprint density at radius 3 is 1.90 bits per heavy atom. The highest BCUT2D eigenvalue weighted by Crippen LogP contribution is 2.40. The molecule has 8 heteroatoms. The Morgan fingerprint density at radius 2 is 1.06 bits per heavy atom. The van der Waals surface area contributed by atoms with Crippen LogP contribution in [-0.4, -0.2) is 34.1 Å². The third-order valence-corrected chi connectivity index (χ3v) is 13.2. The zero-order valence-corrected chi connectivity index (χ0v) is 34.4. The molecule has 7 nitrogen and oxygen atoms in total. The molecule has 7 heterocycles. The summed E-state index contributed by atoms with van der Waals surface area (Å²) >= 11 is 1.72. The van der Waals surface area contributed by atoms with E-state index in [1.54, 1.807) is 11.3 Å². The quantitative estimate of drug-likeness (QED) is 0.167. The molecule has 0 radical (unpaired) electrons. The van der Waals surface area contributed by atoms with Crippen LogP contribution >= 0.6 is 11.3 Å². The van der Waals surface area contributed by atoms with Crippen LogP contribution in [0.1, 0.15) is 0 Å². The van der Waals surface area contributed by atoms with Gasteiger partial charge in [-0.1, -0.05) is 115 Å². The van der Waals surface area contributed by atoms with Gasteiger partial charge in [-0.3, -0.25) is 14.5 Å². The summed E-state index contributed by atoms with van der Waals surface area (Å²) in [6, 6.07) is 64.0. The summed E-state index contributed by atoms with van der Waals surface area (Å²) in [4.78, 5) is 24.9. The minimum Gasteiger partial charge on any atom is -0.308 e. The van der Waals surface area contributed by atoms with Crippen LogP contribution < -0.4 is 0 Å². The molecule has 0 amide bonds. The lowest BCUT2D eigenvalue weighted by atomic mass is 10.0. The molecule has 13 aromatic rings. The van der Waals surface area contributed by atoms with E-state index in [0.717, 1.165) is 104 Å². The van der Waals surface area contributed by atoms with Crippen molar-refractivity contribution >= 4 is 75.4 Å². The highest BCUT2D eigenvalue weighted by Gasteiger charge is 2.19. The van der Waals surface area contributed by atoms with E-state index >= 15 is 0 Å². The Hall–Kier alpha value is -8.33. The first-order valence-electron chi connectivity index (χ1n) is 20.9. The van der Waals surface area contributed by atoms with Gasteiger partial charge in [-0.25, -0.2) is 15.0 Å². The molecule has 0 aliphatic heterocycles. The van der Waals surface area contributed by atoms with Gasteiger partial charge in [0, 0.05) is 56.7 Å². The third kappa shape index (κ3) is 5.76. The third-order valence-electron chi connectivity index (χ3n) is 12.1. The Morgan fingerprint density at radius 1 is 0.381 bits per heavy atom. The van der Waals surface area contributed by atoms with Crippen molar-refractivity contribution < 1.29 is 0 Å². The zero-order valence-electron chi connectivity index (χ0n) is 33.6. The molecule has 0 bridgehead atoms. The Labute approximate surface area is 364 Å². The van der Waals surface area contributed by atoms with Gasteiger partial charge < -0.3 is 4.57 Å². The lowest BCUT2D eigenvalue weighted by Crippen LogP contribution is -2.02. The fourth-order valence-corrected chi connectivity index (χ4v) is 10.2. The number of pyridine rings is 3. The van der Waals surface area contributed by atoms with Crippen LogP contribution in [-0.2, 0) is 0 Å². The van der Waals surface area contributed by atoms with Gasteiger partial charge in [-0.2, -0.15) is 0 Å². The molecule has 0 atom stereocenters. The summed E-state index contributed by atoms with van der Waals surface area (Å²) < 4.78 is 6.87. The first-order valence-corrected chi connectivity index (χ1v) is 21.7. The van der Waals surface area contributed by atoms with Gasteiger partial charge in [0.1, 0.15) is 16.9 Å². The van der Waals surface area contributed by atoms with E-state index < -0.39 is 0 Å². The summed E-state index contributed by atoms with van der Waals surface area (Å²) in [5, 5.41) is 4.68. The number of thiophene rings is 1. The molecule has 0 aliphatic rings. The van der Waals surface area contributed by atoms with Crippen molar-refractivity contribution in [2.75, 3.05) is 0 Å². The number of hydrogen-bond donors (Lipinski definition) is 0. The summed E-state index contributed by atoms with van der Waals surface area (Å²) in [5.74, 6) is 1.50. The average molecular weight is 824 g/mol. The summed E-state index contributed by atoms with van der Waals surface area (Å²) in [7, 11) is 0. The fraction of sp³-hybridized carbons (Fsp3) is 0. The van der Waals surface area contributed by atoms with Gasteiger partial charge in [0.25, 0.3) is 0 Å². The summed E-state index contributed by atoms with van der Waals surface area (Å²) in [6.07, 6.45) is 5.68. The van der Waals surface area contributed by atoms with Crippen LogP contribution in [0.4, 0.5) is 0 Å². The van der Waals surface area contributed by atoms with Gasteiger partial charge in [0.2, 0.25) is 0 Å². The molecule has 0 saturated carbocycles. The molecule has 0 aliphatic carbocycles. The fourth-order valence-electron chi connectivity index (χ4n) is 9.17. The maximum absolute atomic E-state index is 5.23. The highest BCUT2D eigenvalue weighted by molar-refractivity contribution is 7.25. The van der Waals surface area contributed by atoms with Crippen molar-refractivity contribution in [2.45, 2.75) is 0 Å². The van der Waals surface area contributed by atoms with Crippen LogP contribution in [0.5, 0.6) is 0 Å². The minimum atomic E-state index is 0.685. The van der Waals surface area contributed by atoms with E-state index in [4.69, 9.17) is 19.9 Å². The number of benzene rings is 6. The molecule has 294 valence electrons. The molecule has 0 unspecified atom stereocenters. The Balaban J connectivity index is 0.961. The molecule has 63 heavy (non-hydrogen) atoms. The van der Waals surface area contributed by atoms with E-state index in [1.807, 2.05) is 48.9 Å². The van der Waals surface area contributed by atoms with E-state index in [2.05, 4.69) is 166 Å². The monoisotopic (exact) mass is 823 g/mol. The molecule has 0 N–H and O–H groups in total. The van der Waals surface area contributed by atoms with Gasteiger partial charge in [0.05, 0.1) is 54.7 Å². The maximum atomic E-state index is 5.23. The second kappa shape index (κ2) is 14.1. The van der Waals surface area contributed by atoms with Crippen LogP contribution in [0.2, 0.25) is 0 Å². The van der Waals surface area contributed by atoms with Gasteiger partial charge in [-0.05, 0) is 71.8 Å². The number of aromatic nitrogens is 7. The number of nitrogens with zero attached hydrogens (tertiary/aromatic N) is 7. The van der Waals surface area contributed by atoms with E-state index in [9.17, 15) is 0 Å². The topological polar surface area (TPSA) is 74.3 Å². The van der Waals surface area contributed by atoms with Crippen LogP contribution in [0.25, 0.3) is 121 Å². The number of para-hydroxylation sites is 2. The van der Waals surface area contributed by atoms with Gasteiger partial charge in [-0.15, -0.1) is 11.3 Å². The lowest BCUT2D eigenvalue weighted by molar-refractivity contribution is 1.05. The van der Waals surface area contributed by atoms with E-state index in [0.29, 0.717) is 5.82 Å². The van der Waals surface area contributed by atoms with Crippen LogP contribution in [0.15, 0.2) is 201 Å². The van der Waals surface area contributed by atoms with Crippen molar-refractivity contribution in [3.05, 3.63) is 201 Å². The molecular formula is C55H33N7S. The minimum absolute atomic E-state index is 0.685. The zero-order chi connectivity index (χ0) is 41.4. The number of rotatable bonds is 6. The largest absolute Gasteiger partial charge is 0.308 e. The number of hydrogen-bond acceptors (Lipinski definition) is 6. The lowest BCUT2D eigenvalue weighted by Gasteiger charge is -2.12. The standard InChI is InChI=1S/C55H33N7S/c1-3-12-34(13-4-1)45-31-52(60-55(59-45)35-14-5-2-6-15-35)62-47-19-10-8-17-41(47)43-29-36(22-25-48(43)62)37-21-23-42-40-16-7-9-18-46(40)61(49(42)30-37)39-28-38(32-56-33-39)44-24-26-51-54(58-44)53-50(63-51)20-11-27-57-53/h1-33H. The second-order valence-electron chi connectivity index (χ2n) is 15.8. The van der Waals surface area contributed by atoms with Crippen molar-refractivity contribution in [3.8, 4) is 56.5 Å². The highest BCUT2D eigenvalue weighted by atomic mass is 32.1. The van der Waals surface area contributed by atoms with Crippen molar-refractivity contribution in [1.82, 2.24) is 34.1 Å². The predicted octanol–water partition coefficient (Wildman–Crippen LogP) is 13.9. The summed E-state index contributed by atoms with van der Waals surface area (Å²) in [5.41, 5.74) is 14.2. The molecule has 13 rings (SSSR count).